The molecule has 12 nitrogen and oxygen atoms in total. The lowest BCUT2D eigenvalue weighted by Gasteiger charge is -2.35. The lowest BCUT2D eigenvalue weighted by molar-refractivity contribution is -0.131. The first-order chi connectivity index (χ1) is 23.4. The van der Waals surface area contributed by atoms with Gasteiger partial charge in [-0.1, -0.05) is 17.4 Å². The van der Waals surface area contributed by atoms with Crippen molar-refractivity contribution in [1.29, 1.82) is 0 Å². The average Bonchev–Trinajstić information content (AvgIpc) is 3.82. The minimum atomic E-state index is -0.487. The normalized spacial score (nSPS) is 17.0. The molecule has 250 valence electrons. The number of H-pyrrole nitrogens is 1. The van der Waals surface area contributed by atoms with E-state index in [1.54, 1.807) is 32.9 Å². The van der Waals surface area contributed by atoms with Gasteiger partial charge in [0.1, 0.15) is 11.5 Å². The first-order valence-corrected chi connectivity index (χ1v) is 16.1. The molecule has 48 heavy (non-hydrogen) atoms. The van der Waals surface area contributed by atoms with Crippen molar-refractivity contribution in [1.82, 2.24) is 34.8 Å². The SMILES string of the molecule is COc1cc(F)cnc1N1CCN(C(=O)c2cc3c(C4=CCOCC4)cc(C4=CCCN(C(=O)CCn5ccnn5)C4)c(F)c3[nH]2)CC1. The number of carbonyl (C=O) groups excluding carboxylic acids is 2. The van der Waals surface area contributed by atoms with Gasteiger partial charge in [0.05, 0.1) is 44.8 Å². The van der Waals surface area contributed by atoms with Gasteiger partial charge in [0, 0.05) is 68.9 Å². The maximum Gasteiger partial charge on any atom is 0.270 e. The van der Waals surface area contributed by atoms with E-state index in [9.17, 15) is 14.0 Å². The number of methoxy groups -OCH3 is 1. The Morgan fingerprint density at radius 2 is 1.88 bits per heavy atom. The number of aryl methyl sites for hydroxylation is 1. The van der Waals surface area contributed by atoms with Crippen molar-refractivity contribution in [3.8, 4) is 5.75 Å². The molecule has 1 N–H and O–H groups in total. The first-order valence-electron chi connectivity index (χ1n) is 16.1. The van der Waals surface area contributed by atoms with Crippen LogP contribution < -0.4 is 9.64 Å². The first kappa shape index (κ1) is 31.5. The number of carbonyl (C=O) groups is 2. The van der Waals surface area contributed by atoms with E-state index in [-0.39, 0.29) is 30.3 Å². The summed E-state index contributed by atoms with van der Waals surface area (Å²) in [6, 6.07) is 4.88. The highest BCUT2D eigenvalue weighted by molar-refractivity contribution is 6.03. The third-order valence-electron chi connectivity index (χ3n) is 9.15. The number of pyridine rings is 1. The molecule has 3 aromatic heterocycles. The summed E-state index contributed by atoms with van der Waals surface area (Å²) in [7, 11) is 1.47. The number of nitrogens with zero attached hydrogens (tertiary/aromatic N) is 7. The molecule has 6 heterocycles. The molecule has 0 unspecified atom stereocenters. The van der Waals surface area contributed by atoms with E-state index >= 15 is 4.39 Å². The van der Waals surface area contributed by atoms with Crippen LogP contribution in [0.4, 0.5) is 14.6 Å². The molecule has 0 atom stereocenters. The van der Waals surface area contributed by atoms with Crippen LogP contribution in [0.1, 0.15) is 40.9 Å². The molecule has 7 rings (SSSR count). The van der Waals surface area contributed by atoms with Crippen molar-refractivity contribution in [2.45, 2.75) is 25.8 Å². The molecule has 1 saturated heterocycles. The fourth-order valence-electron chi connectivity index (χ4n) is 6.61. The van der Waals surface area contributed by atoms with Crippen LogP contribution in [0.25, 0.3) is 22.0 Å². The van der Waals surface area contributed by atoms with Crippen LogP contribution in [-0.2, 0) is 16.1 Å². The molecule has 1 aromatic carbocycles. The molecule has 1 fully saturated rings. The Morgan fingerprint density at radius 1 is 1.02 bits per heavy atom. The molecular weight excluding hydrogens is 622 g/mol. The lowest BCUT2D eigenvalue weighted by atomic mass is 9.91. The number of anilines is 1. The van der Waals surface area contributed by atoms with Crippen molar-refractivity contribution in [2.75, 3.05) is 64.5 Å². The third-order valence-corrected chi connectivity index (χ3v) is 9.15. The van der Waals surface area contributed by atoms with E-state index in [4.69, 9.17) is 9.47 Å². The Labute approximate surface area is 275 Å². The molecule has 0 bridgehead atoms. The molecular formula is C34H36F2N8O4. The van der Waals surface area contributed by atoms with Gasteiger partial charge in [0.2, 0.25) is 5.91 Å². The van der Waals surface area contributed by atoms with Crippen LogP contribution in [0.3, 0.4) is 0 Å². The maximum atomic E-state index is 16.5. The fourth-order valence-corrected chi connectivity index (χ4v) is 6.61. The Bertz CT molecular complexity index is 1900. The highest BCUT2D eigenvalue weighted by Gasteiger charge is 2.29. The zero-order valence-corrected chi connectivity index (χ0v) is 26.6. The topological polar surface area (TPSA) is 122 Å². The minimum absolute atomic E-state index is 0.0357. The van der Waals surface area contributed by atoms with Gasteiger partial charge in [-0.15, -0.1) is 5.10 Å². The summed E-state index contributed by atoms with van der Waals surface area (Å²) in [5.74, 6) is -0.361. The zero-order valence-electron chi connectivity index (χ0n) is 26.6. The van der Waals surface area contributed by atoms with Gasteiger partial charge in [-0.05, 0) is 41.7 Å². The van der Waals surface area contributed by atoms with Crippen molar-refractivity contribution in [2.24, 2.45) is 0 Å². The summed E-state index contributed by atoms with van der Waals surface area (Å²) in [6.45, 7) is 3.99. The zero-order chi connectivity index (χ0) is 33.2. The van der Waals surface area contributed by atoms with Crippen LogP contribution >= 0.6 is 0 Å². The number of piperazine rings is 1. The molecule has 3 aliphatic rings. The van der Waals surface area contributed by atoms with Crippen LogP contribution in [-0.4, -0.2) is 106 Å². The second-order valence-corrected chi connectivity index (χ2v) is 12.0. The Kier molecular flexibility index (Phi) is 8.89. The van der Waals surface area contributed by atoms with Crippen molar-refractivity contribution >= 4 is 39.7 Å². The van der Waals surface area contributed by atoms with Gasteiger partial charge in [0.25, 0.3) is 5.91 Å². The van der Waals surface area contributed by atoms with Crippen molar-refractivity contribution < 1.29 is 27.8 Å². The molecule has 0 saturated carbocycles. The van der Waals surface area contributed by atoms with E-state index in [0.29, 0.717) is 93.5 Å². The summed E-state index contributed by atoms with van der Waals surface area (Å²) >= 11 is 0. The number of amides is 2. The summed E-state index contributed by atoms with van der Waals surface area (Å²) in [5.41, 5.74) is 3.56. The Morgan fingerprint density at radius 3 is 2.62 bits per heavy atom. The number of nitrogens with one attached hydrogen (secondary N) is 1. The molecule has 2 amide bonds. The maximum absolute atomic E-state index is 16.5. The highest BCUT2D eigenvalue weighted by Crippen LogP contribution is 2.37. The summed E-state index contributed by atoms with van der Waals surface area (Å²) < 4.78 is 42.7. The summed E-state index contributed by atoms with van der Waals surface area (Å²) in [5, 5.41) is 8.34. The molecule has 0 radical (unpaired) electrons. The second kappa shape index (κ2) is 13.6. The second-order valence-electron chi connectivity index (χ2n) is 12.0. The number of hydrogen-bond donors (Lipinski definition) is 1. The molecule has 14 heteroatoms. The number of hydrogen-bond acceptors (Lipinski definition) is 8. The van der Waals surface area contributed by atoms with Gasteiger partial charge >= 0.3 is 0 Å². The number of aromatic amines is 1. The predicted octanol–water partition coefficient (Wildman–Crippen LogP) is 3.91. The van der Waals surface area contributed by atoms with Crippen LogP contribution in [0.15, 0.2) is 48.9 Å². The number of halogens is 2. The number of fused-ring (bicyclic) bond motifs is 1. The largest absolute Gasteiger partial charge is 0.493 e. The highest BCUT2D eigenvalue weighted by atomic mass is 19.1. The van der Waals surface area contributed by atoms with Gasteiger partial charge in [-0.2, -0.15) is 0 Å². The number of benzene rings is 1. The van der Waals surface area contributed by atoms with Crippen molar-refractivity contribution in [3.63, 3.8) is 0 Å². The van der Waals surface area contributed by atoms with Gasteiger partial charge in [0.15, 0.2) is 17.4 Å². The molecule has 0 spiro atoms. The number of aromatic nitrogens is 5. The Hall–Kier alpha value is -5.11. The van der Waals surface area contributed by atoms with Crippen LogP contribution in [0.5, 0.6) is 5.75 Å². The number of ether oxygens (including phenoxy) is 2. The van der Waals surface area contributed by atoms with Gasteiger partial charge < -0.3 is 29.2 Å². The van der Waals surface area contributed by atoms with E-state index in [0.717, 1.165) is 22.9 Å². The predicted molar refractivity (Wildman–Crippen MR) is 174 cm³/mol. The summed E-state index contributed by atoms with van der Waals surface area (Å²) in [6.07, 6.45) is 9.95. The standard InChI is InChI=1S/C34H36F2N8O4/c1-47-29-17-24(35)20-37-33(29)41-11-13-42(14-12-41)34(46)28-19-27-25(22-5-15-48-16-6-22)18-26(31(36)32(27)39-28)23-3-2-8-43(21-23)30(45)4-9-44-10-7-38-40-44/h3,5,7,10,17-20,39H,2,4,6,8-9,11-16,21H2,1H3. The van der Waals surface area contributed by atoms with E-state index in [1.165, 1.54) is 13.2 Å². The van der Waals surface area contributed by atoms with Crippen LogP contribution in [0.2, 0.25) is 0 Å². The summed E-state index contributed by atoms with van der Waals surface area (Å²) in [4.78, 5) is 39.6. The fraction of sp³-hybridized carbons (Fsp3) is 0.382. The molecule has 4 aromatic rings. The minimum Gasteiger partial charge on any atom is -0.493 e. The van der Waals surface area contributed by atoms with E-state index in [1.807, 2.05) is 23.1 Å². The third kappa shape index (κ3) is 6.27. The van der Waals surface area contributed by atoms with E-state index < -0.39 is 11.6 Å². The molecule has 3 aliphatic heterocycles. The van der Waals surface area contributed by atoms with Gasteiger partial charge in [-0.25, -0.2) is 13.8 Å². The molecule has 0 aliphatic carbocycles. The van der Waals surface area contributed by atoms with Crippen LogP contribution in [0, 0.1) is 11.6 Å². The van der Waals surface area contributed by atoms with E-state index in [2.05, 4.69) is 20.3 Å². The Balaban J connectivity index is 1.14. The monoisotopic (exact) mass is 658 g/mol. The van der Waals surface area contributed by atoms with Crippen molar-refractivity contribution in [3.05, 3.63) is 77.4 Å². The quantitative estimate of drug-likeness (QED) is 0.303. The van der Waals surface area contributed by atoms with Gasteiger partial charge in [-0.3, -0.25) is 14.3 Å². The smallest absolute Gasteiger partial charge is 0.270 e. The number of rotatable bonds is 8. The lowest BCUT2D eigenvalue weighted by Crippen LogP contribution is -2.49. The average molecular weight is 659 g/mol.